The molecule has 0 bridgehead atoms. The zero-order valence-corrected chi connectivity index (χ0v) is 15.9. The number of aryl methyl sites for hydroxylation is 1. The molecule has 0 fully saturated rings. The number of hydrogen-bond donors (Lipinski definition) is 3. The molecule has 9 heteroatoms. The Kier molecular flexibility index (Phi) is 5.90. The van der Waals surface area contributed by atoms with Gasteiger partial charge in [0.05, 0.1) is 0 Å². The minimum atomic E-state index is -0.497. The van der Waals surface area contributed by atoms with Gasteiger partial charge in [-0.15, -0.1) is 5.10 Å². The van der Waals surface area contributed by atoms with E-state index >= 15 is 0 Å². The predicted octanol–water partition coefficient (Wildman–Crippen LogP) is 2.97. The van der Waals surface area contributed by atoms with Gasteiger partial charge in [0.25, 0.3) is 5.91 Å². The molecule has 0 radical (unpaired) electrons. The number of amides is 2. The van der Waals surface area contributed by atoms with Gasteiger partial charge in [-0.3, -0.25) is 9.59 Å². The lowest BCUT2D eigenvalue weighted by Crippen LogP contribution is -2.21. The molecule has 8 nitrogen and oxygen atoms in total. The molecule has 0 saturated carbocycles. The maximum atomic E-state index is 12.4. The zero-order chi connectivity index (χ0) is 20.1. The summed E-state index contributed by atoms with van der Waals surface area (Å²) in [5.74, 6) is -0.867. The van der Waals surface area contributed by atoms with Crippen molar-refractivity contribution < 1.29 is 9.59 Å². The summed E-state index contributed by atoms with van der Waals surface area (Å²) in [6.07, 6.45) is 0.909. The zero-order valence-electron chi connectivity index (χ0n) is 15.1. The number of anilines is 3. The summed E-state index contributed by atoms with van der Waals surface area (Å²) in [5.41, 5.74) is 8.23. The number of benzene rings is 2. The minimum Gasteiger partial charge on any atom is -0.382 e. The molecule has 4 N–H and O–H groups in total. The first-order chi connectivity index (χ1) is 13.5. The number of carbonyl (C=O) groups is 2. The smallest absolute Gasteiger partial charge is 0.280 e. The molecule has 2 amide bonds. The second-order valence-electron chi connectivity index (χ2n) is 6.04. The van der Waals surface area contributed by atoms with Gasteiger partial charge in [-0.25, -0.2) is 4.68 Å². The van der Waals surface area contributed by atoms with Crippen LogP contribution in [-0.4, -0.2) is 26.8 Å². The molecule has 1 aromatic heterocycles. The van der Waals surface area contributed by atoms with E-state index in [2.05, 4.69) is 27.9 Å². The average molecular weight is 399 g/mol. The minimum absolute atomic E-state index is 0.00363. The lowest BCUT2D eigenvalue weighted by Gasteiger charge is -2.07. The first-order valence-corrected chi connectivity index (χ1v) is 8.98. The molecule has 0 spiro atoms. The van der Waals surface area contributed by atoms with Crippen molar-refractivity contribution in [2.75, 3.05) is 16.4 Å². The third kappa shape index (κ3) is 4.66. The normalized spacial score (nSPS) is 10.5. The van der Waals surface area contributed by atoms with Crippen molar-refractivity contribution in [3.05, 3.63) is 64.8 Å². The van der Waals surface area contributed by atoms with Gasteiger partial charge in [0.15, 0.2) is 11.5 Å². The third-order valence-electron chi connectivity index (χ3n) is 4.01. The van der Waals surface area contributed by atoms with E-state index in [9.17, 15) is 9.59 Å². The fourth-order valence-corrected chi connectivity index (χ4v) is 2.71. The Labute approximate surface area is 166 Å². The first kappa shape index (κ1) is 19.4. The number of rotatable bonds is 6. The molecular formula is C19H19ClN6O2. The van der Waals surface area contributed by atoms with Gasteiger partial charge in [-0.05, 0) is 42.3 Å². The molecule has 0 atom stereocenters. The Morgan fingerprint density at radius 1 is 1.11 bits per heavy atom. The number of carbonyl (C=O) groups excluding carboxylic acids is 2. The molecule has 144 valence electrons. The molecule has 2 aromatic carbocycles. The van der Waals surface area contributed by atoms with Gasteiger partial charge in [0.2, 0.25) is 5.91 Å². The monoisotopic (exact) mass is 398 g/mol. The molecular weight excluding hydrogens is 380 g/mol. The lowest BCUT2D eigenvalue weighted by molar-refractivity contribution is -0.116. The molecule has 1 heterocycles. The number of nitrogens with zero attached hydrogens (tertiary/aromatic N) is 3. The maximum absolute atomic E-state index is 12.4. The number of nitrogens with one attached hydrogen (secondary N) is 2. The van der Waals surface area contributed by atoms with Crippen LogP contribution in [0.15, 0.2) is 48.5 Å². The van der Waals surface area contributed by atoms with Crippen LogP contribution in [0.5, 0.6) is 0 Å². The van der Waals surface area contributed by atoms with Crippen LogP contribution < -0.4 is 16.4 Å². The Morgan fingerprint density at radius 2 is 1.86 bits per heavy atom. The summed E-state index contributed by atoms with van der Waals surface area (Å²) in [5, 5.41) is 13.5. The highest BCUT2D eigenvalue weighted by Gasteiger charge is 2.19. The highest BCUT2D eigenvalue weighted by atomic mass is 35.5. The van der Waals surface area contributed by atoms with E-state index < -0.39 is 5.91 Å². The Bertz CT molecular complexity index is 1000. The van der Waals surface area contributed by atoms with E-state index in [0.717, 1.165) is 16.7 Å². The maximum Gasteiger partial charge on any atom is 0.280 e. The number of halogens is 1. The first-order valence-electron chi connectivity index (χ1n) is 8.61. The van der Waals surface area contributed by atoms with Crippen molar-refractivity contribution in [3.63, 3.8) is 0 Å². The topological polar surface area (TPSA) is 115 Å². The lowest BCUT2D eigenvalue weighted by atomic mass is 10.1. The summed E-state index contributed by atoms with van der Waals surface area (Å²) in [7, 11) is 0. The molecule has 0 unspecified atom stereocenters. The second-order valence-corrected chi connectivity index (χ2v) is 6.48. The largest absolute Gasteiger partial charge is 0.382 e. The number of nitrogens with two attached hydrogens (primary N) is 1. The van der Waals surface area contributed by atoms with Gasteiger partial charge >= 0.3 is 0 Å². The van der Waals surface area contributed by atoms with Crippen LogP contribution in [0.4, 0.5) is 17.2 Å². The molecule has 0 saturated heterocycles. The van der Waals surface area contributed by atoms with E-state index in [4.69, 9.17) is 17.3 Å². The summed E-state index contributed by atoms with van der Waals surface area (Å²) in [6, 6.07) is 14.2. The molecule has 0 aliphatic carbocycles. The quantitative estimate of drug-likeness (QED) is 0.590. The second kappa shape index (κ2) is 8.53. The van der Waals surface area contributed by atoms with E-state index in [0.29, 0.717) is 16.4 Å². The number of nitrogen functional groups attached to an aromatic ring is 1. The molecule has 3 aromatic rings. The molecule has 3 rings (SSSR count). The van der Waals surface area contributed by atoms with Crippen molar-refractivity contribution in [2.24, 2.45) is 0 Å². The van der Waals surface area contributed by atoms with Crippen molar-refractivity contribution in [2.45, 2.75) is 19.9 Å². The van der Waals surface area contributed by atoms with Crippen LogP contribution in [0, 0.1) is 0 Å². The van der Waals surface area contributed by atoms with Crippen LogP contribution in [-0.2, 0) is 17.8 Å². The number of aromatic nitrogens is 3. The average Bonchev–Trinajstić information content (AvgIpc) is 3.02. The number of hydrogen-bond acceptors (Lipinski definition) is 5. The van der Waals surface area contributed by atoms with Crippen LogP contribution >= 0.6 is 11.6 Å². The van der Waals surface area contributed by atoms with Crippen LogP contribution in [0.1, 0.15) is 23.0 Å². The van der Waals surface area contributed by atoms with Crippen molar-refractivity contribution in [1.29, 1.82) is 0 Å². The Hall–Kier alpha value is -3.39. The van der Waals surface area contributed by atoms with Crippen molar-refractivity contribution in [1.82, 2.24) is 15.0 Å². The van der Waals surface area contributed by atoms with E-state index in [1.54, 1.807) is 36.4 Å². The third-order valence-corrected chi connectivity index (χ3v) is 4.25. The van der Waals surface area contributed by atoms with Gasteiger partial charge in [-0.1, -0.05) is 41.9 Å². The van der Waals surface area contributed by atoms with E-state index in [1.165, 1.54) is 0 Å². The summed E-state index contributed by atoms with van der Waals surface area (Å²) in [4.78, 5) is 24.6. The molecule has 28 heavy (non-hydrogen) atoms. The SMILES string of the molecule is CCc1ccc(NC(=O)c2nnn(CC(=O)Nc3cccc(Cl)c3)c2N)cc1. The van der Waals surface area contributed by atoms with Crippen molar-refractivity contribution >= 4 is 40.6 Å². The van der Waals surface area contributed by atoms with Crippen LogP contribution in [0.2, 0.25) is 5.02 Å². The standard InChI is InChI=1S/C19H19ClN6O2/c1-2-12-6-8-14(9-7-12)23-19(28)17-18(21)26(25-24-17)11-16(27)22-15-5-3-4-13(20)10-15/h3-10H,2,11,21H2,1H3,(H,22,27)(H,23,28). The fourth-order valence-electron chi connectivity index (χ4n) is 2.52. The molecule has 0 aliphatic rings. The van der Waals surface area contributed by atoms with Gasteiger partial charge in [0.1, 0.15) is 6.54 Å². The summed E-state index contributed by atoms with van der Waals surface area (Å²) >= 11 is 5.89. The highest BCUT2D eigenvalue weighted by molar-refractivity contribution is 6.30. The van der Waals surface area contributed by atoms with Gasteiger partial charge in [0, 0.05) is 16.4 Å². The Morgan fingerprint density at radius 3 is 2.54 bits per heavy atom. The summed E-state index contributed by atoms with van der Waals surface area (Å²) in [6.45, 7) is 1.86. The van der Waals surface area contributed by atoms with Crippen molar-refractivity contribution in [3.8, 4) is 0 Å². The molecule has 0 aliphatic heterocycles. The van der Waals surface area contributed by atoms with Gasteiger partial charge in [-0.2, -0.15) is 0 Å². The van der Waals surface area contributed by atoms with Crippen LogP contribution in [0.25, 0.3) is 0 Å². The highest BCUT2D eigenvalue weighted by Crippen LogP contribution is 2.16. The van der Waals surface area contributed by atoms with Crippen LogP contribution in [0.3, 0.4) is 0 Å². The summed E-state index contributed by atoms with van der Waals surface area (Å²) < 4.78 is 1.16. The van der Waals surface area contributed by atoms with Gasteiger partial charge < -0.3 is 16.4 Å². The van der Waals surface area contributed by atoms with E-state index in [-0.39, 0.29) is 24.0 Å². The Balaban J connectivity index is 1.65. The fraction of sp³-hybridized carbons (Fsp3) is 0.158. The predicted molar refractivity (Wildman–Crippen MR) is 108 cm³/mol. The van der Waals surface area contributed by atoms with E-state index in [1.807, 2.05) is 12.1 Å².